The van der Waals surface area contributed by atoms with Crippen LogP contribution in [0.2, 0.25) is 0 Å². The summed E-state index contributed by atoms with van der Waals surface area (Å²) >= 11 is 1.47. The maximum atomic E-state index is 13.6. The predicted molar refractivity (Wildman–Crippen MR) is 117 cm³/mol. The van der Waals surface area contributed by atoms with Gasteiger partial charge in [0.2, 0.25) is 0 Å². The van der Waals surface area contributed by atoms with E-state index in [0.717, 1.165) is 10.5 Å². The number of nitrogens with one attached hydrogen (secondary N) is 1. The molecule has 0 bridgehead atoms. The highest BCUT2D eigenvalue weighted by molar-refractivity contribution is 7.98. The fourth-order valence-corrected chi connectivity index (χ4v) is 3.92. The summed E-state index contributed by atoms with van der Waals surface area (Å²) < 4.78 is 40.9. The van der Waals surface area contributed by atoms with E-state index >= 15 is 0 Å². The highest BCUT2D eigenvalue weighted by atomic mass is 32.2. The van der Waals surface area contributed by atoms with E-state index in [1.54, 1.807) is 42.5 Å². The second-order valence-electron chi connectivity index (χ2n) is 7.00. The molecule has 0 heterocycles. The van der Waals surface area contributed by atoms with Gasteiger partial charge in [0.15, 0.2) is 0 Å². The number of carbonyl (C=O) groups is 1. The Balaban J connectivity index is 1.64. The molecular weight excluding hydrogens is 423 g/mol. The van der Waals surface area contributed by atoms with Gasteiger partial charge in [-0.05, 0) is 40.5 Å². The number of alkyl halides is 3. The Hall–Kier alpha value is -2.77. The summed E-state index contributed by atoms with van der Waals surface area (Å²) in [6.07, 6.45) is -4.36. The molecule has 162 valence electrons. The average molecular weight is 446 g/mol. The first kappa shape index (κ1) is 22.9. The molecule has 0 atom stereocenters. The van der Waals surface area contributed by atoms with E-state index in [0.29, 0.717) is 30.0 Å². The number of halogens is 3. The average Bonchev–Trinajstić information content (AvgIpc) is 2.76. The van der Waals surface area contributed by atoms with Gasteiger partial charge in [-0.3, -0.25) is 4.79 Å². The molecule has 0 amide bonds. The lowest BCUT2D eigenvalue weighted by Gasteiger charge is -2.15. The van der Waals surface area contributed by atoms with E-state index in [9.17, 15) is 18.0 Å². The van der Waals surface area contributed by atoms with E-state index < -0.39 is 17.7 Å². The third-order valence-corrected chi connectivity index (χ3v) is 5.73. The summed E-state index contributed by atoms with van der Waals surface area (Å²) in [6.45, 7) is 0.959. The standard InChI is InChI=1S/C24H22F3NO2S/c25-24(26,27)22-14-18(8-11-21(22)19-4-2-1-3-5-19)16-31-20-9-6-17(7-10-20)15-28-13-12-23(29)30/h1-11,14,28H,12-13,15-16H2,(H,29,30). The minimum absolute atomic E-state index is 0.0664. The molecule has 0 aliphatic heterocycles. The molecule has 3 nitrogen and oxygen atoms in total. The van der Waals surface area contributed by atoms with Crippen LogP contribution in [0.4, 0.5) is 13.2 Å². The van der Waals surface area contributed by atoms with Crippen molar-refractivity contribution in [3.63, 3.8) is 0 Å². The van der Waals surface area contributed by atoms with Crippen molar-refractivity contribution < 1.29 is 23.1 Å². The Morgan fingerprint density at radius 3 is 2.26 bits per heavy atom. The Morgan fingerprint density at radius 2 is 1.61 bits per heavy atom. The Labute approximate surface area is 183 Å². The highest BCUT2D eigenvalue weighted by Gasteiger charge is 2.33. The molecule has 0 unspecified atom stereocenters. The number of carboxylic acids is 1. The number of thioether (sulfide) groups is 1. The monoisotopic (exact) mass is 445 g/mol. The molecular formula is C24H22F3NO2S. The van der Waals surface area contributed by atoms with E-state index in [1.165, 1.54) is 17.8 Å². The SMILES string of the molecule is O=C(O)CCNCc1ccc(SCc2ccc(-c3ccccc3)c(C(F)(F)F)c2)cc1. The van der Waals surface area contributed by atoms with Crippen LogP contribution < -0.4 is 5.32 Å². The number of carboxylic acid groups (broad SMARTS) is 1. The van der Waals surface area contributed by atoms with Crippen molar-refractivity contribution in [1.82, 2.24) is 5.32 Å². The van der Waals surface area contributed by atoms with Gasteiger partial charge in [-0.25, -0.2) is 0 Å². The molecule has 3 rings (SSSR count). The fraction of sp³-hybridized carbons (Fsp3) is 0.208. The van der Waals surface area contributed by atoms with Gasteiger partial charge in [0.05, 0.1) is 12.0 Å². The summed E-state index contributed by atoms with van der Waals surface area (Å²) in [7, 11) is 0. The molecule has 0 aromatic heterocycles. The second-order valence-corrected chi connectivity index (χ2v) is 8.05. The number of hydrogen-bond acceptors (Lipinski definition) is 3. The van der Waals surface area contributed by atoms with E-state index in [1.807, 2.05) is 24.3 Å². The molecule has 31 heavy (non-hydrogen) atoms. The van der Waals surface area contributed by atoms with Gasteiger partial charge < -0.3 is 10.4 Å². The maximum Gasteiger partial charge on any atom is 0.417 e. The van der Waals surface area contributed by atoms with E-state index in [2.05, 4.69) is 5.32 Å². The fourth-order valence-electron chi connectivity index (χ4n) is 3.08. The molecule has 0 aliphatic carbocycles. The molecule has 2 N–H and O–H groups in total. The number of benzene rings is 3. The lowest BCUT2D eigenvalue weighted by molar-refractivity contribution is -0.137. The molecule has 0 saturated heterocycles. The zero-order valence-corrected chi connectivity index (χ0v) is 17.5. The number of aliphatic carboxylic acids is 1. The topological polar surface area (TPSA) is 49.3 Å². The van der Waals surface area contributed by atoms with Gasteiger partial charge in [-0.15, -0.1) is 11.8 Å². The zero-order chi connectivity index (χ0) is 22.3. The lowest BCUT2D eigenvalue weighted by Crippen LogP contribution is -2.17. The molecule has 0 saturated carbocycles. The quantitative estimate of drug-likeness (QED) is 0.303. The van der Waals surface area contributed by atoms with Crippen molar-refractivity contribution >= 4 is 17.7 Å². The minimum Gasteiger partial charge on any atom is -0.481 e. The van der Waals surface area contributed by atoms with Crippen LogP contribution in [0, 0.1) is 0 Å². The first-order valence-electron chi connectivity index (χ1n) is 9.73. The van der Waals surface area contributed by atoms with Crippen molar-refractivity contribution in [2.75, 3.05) is 6.54 Å². The maximum absolute atomic E-state index is 13.6. The third kappa shape index (κ3) is 6.87. The molecule has 0 aliphatic rings. The summed E-state index contributed by atoms with van der Waals surface area (Å²) in [4.78, 5) is 11.5. The highest BCUT2D eigenvalue weighted by Crippen LogP contribution is 2.38. The molecule has 0 radical (unpaired) electrons. The second kappa shape index (κ2) is 10.5. The van der Waals surface area contributed by atoms with Crippen molar-refractivity contribution in [2.45, 2.75) is 29.8 Å². The van der Waals surface area contributed by atoms with Gasteiger partial charge >= 0.3 is 12.1 Å². The Morgan fingerprint density at radius 1 is 0.935 bits per heavy atom. The largest absolute Gasteiger partial charge is 0.481 e. The molecule has 7 heteroatoms. The van der Waals surface area contributed by atoms with Crippen molar-refractivity contribution in [1.29, 1.82) is 0 Å². The van der Waals surface area contributed by atoms with Crippen molar-refractivity contribution in [2.24, 2.45) is 0 Å². The minimum atomic E-state index is -4.43. The molecule has 0 fully saturated rings. The first-order valence-corrected chi connectivity index (χ1v) is 10.7. The summed E-state index contributed by atoms with van der Waals surface area (Å²) in [5.74, 6) is -0.418. The van der Waals surface area contributed by atoms with Crippen LogP contribution in [-0.2, 0) is 23.3 Å². The van der Waals surface area contributed by atoms with Crippen molar-refractivity contribution in [3.05, 3.63) is 89.5 Å². The predicted octanol–water partition coefficient (Wildman–Crippen LogP) is 6.23. The van der Waals surface area contributed by atoms with E-state index in [4.69, 9.17) is 5.11 Å². The van der Waals surface area contributed by atoms with E-state index in [-0.39, 0.29) is 12.0 Å². The van der Waals surface area contributed by atoms with Crippen molar-refractivity contribution in [3.8, 4) is 11.1 Å². The van der Waals surface area contributed by atoms with Crippen LogP contribution in [0.25, 0.3) is 11.1 Å². The lowest BCUT2D eigenvalue weighted by atomic mass is 9.97. The van der Waals surface area contributed by atoms with Gasteiger partial charge in [-0.2, -0.15) is 13.2 Å². The van der Waals surface area contributed by atoms with Gasteiger partial charge in [-0.1, -0.05) is 54.6 Å². The normalized spacial score (nSPS) is 11.5. The summed E-state index contributed by atoms with van der Waals surface area (Å²) in [5, 5.41) is 11.7. The molecule has 3 aromatic carbocycles. The number of rotatable bonds is 9. The van der Waals surface area contributed by atoms with Gasteiger partial charge in [0, 0.05) is 23.7 Å². The third-order valence-electron chi connectivity index (χ3n) is 4.65. The number of hydrogen-bond donors (Lipinski definition) is 2. The van der Waals surface area contributed by atoms with Gasteiger partial charge in [0.25, 0.3) is 0 Å². The van der Waals surface area contributed by atoms with Crippen LogP contribution in [0.5, 0.6) is 0 Å². The molecule has 0 spiro atoms. The van der Waals surface area contributed by atoms with Crippen LogP contribution in [0.15, 0.2) is 77.7 Å². The summed E-state index contributed by atoms with van der Waals surface area (Å²) in [6, 6.07) is 20.8. The Bertz CT molecular complexity index is 1010. The Kier molecular flexibility index (Phi) is 7.76. The van der Waals surface area contributed by atoms with Crippen LogP contribution >= 0.6 is 11.8 Å². The van der Waals surface area contributed by atoms with Crippen LogP contribution in [-0.4, -0.2) is 17.6 Å². The first-order chi connectivity index (χ1) is 14.8. The molecule has 3 aromatic rings. The van der Waals surface area contributed by atoms with Gasteiger partial charge in [0.1, 0.15) is 0 Å². The van der Waals surface area contributed by atoms with Crippen LogP contribution in [0.3, 0.4) is 0 Å². The zero-order valence-electron chi connectivity index (χ0n) is 16.7. The summed E-state index contributed by atoms with van der Waals surface area (Å²) in [5.41, 5.74) is 1.72. The van der Waals surface area contributed by atoms with Crippen LogP contribution in [0.1, 0.15) is 23.1 Å². The smallest absolute Gasteiger partial charge is 0.417 e.